The van der Waals surface area contributed by atoms with Gasteiger partial charge >= 0.3 is 5.97 Å². The maximum atomic E-state index is 13.4. The minimum Gasteiger partial charge on any atom is -0.481 e. The van der Waals surface area contributed by atoms with E-state index in [0.29, 0.717) is 5.02 Å². The quantitative estimate of drug-likeness (QED) is 0.865. The number of hydrogen-bond donors (Lipinski definition) is 1. The average Bonchev–Trinajstić information content (AvgIpc) is 2.10. The minimum atomic E-state index is -1.04. The van der Waals surface area contributed by atoms with Gasteiger partial charge in [0, 0.05) is 10.6 Å². The summed E-state index contributed by atoms with van der Waals surface area (Å²) in [6, 6.07) is 3.96. The fraction of sp³-hybridized carbons (Fsp3) is 0.364. The van der Waals surface area contributed by atoms with Crippen LogP contribution >= 0.6 is 11.6 Å². The van der Waals surface area contributed by atoms with E-state index in [-0.39, 0.29) is 11.5 Å². The summed E-state index contributed by atoms with van der Waals surface area (Å²) < 4.78 is 13.4. The molecule has 1 unspecified atom stereocenters. The molecule has 0 amide bonds. The van der Waals surface area contributed by atoms with Crippen molar-refractivity contribution in [2.75, 3.05) is 0 Å². The first-order chi connectivity index (χ1) is 6.93. The van der Waals surface area contributed by atoms with Gasteiger partial charge in [0.15, 0.2) is 0 Å². The number of carbonyl (C=O) groups is 1. The molecule has 4 heteroatoms. The van der Waals surface area contributed by atoms with Gasteiger partial charge in [-0.3, -0.25) is 4.79 Å². The Morgan fingerprint density at radius 1 is 1.47 bits per heavy atom. The third-order valence-electron chi connectivity index (χ3n) is 2.23. The van der Waals surface area contributed by atoms with Crippen molar-refractivity contribution >= 4 is 17.6 Å². The van der Waals surface area contributed by atoms with Crippen LogP contribution in [0.4, 0.5) is 4.39 Å². The molecule has 1 atom stereocenters. The van der Waals surface area contributed by atoms with Gasteiger partial charge in [-0.1, -0.05) is 25.4 Å². The van der Waals surface area contributed by atoms with Gasteiger partial charge in [0.1, 0.15) is 5.82 Å². The molecule has 0 fully saturated rings. The Balaban J connectivity index is 3.22. The summed E-state index contributed by atoms with van der Waals surface area (Å²) in [5, 5.41) is 9.35. The lowest BCUT2D eigenvalue weighted by Crippen LogP contribution is -2.18. The van der Waals surface area contributed by atoms with E-state index in [1.54, 1.807) is 13.8 Å². The summed E-state index contributed by atoms with van der Waals surface area (Å²) in [6.45, 7) is 3.47. The molecular formula is C11H12ClFO2. The zero-order chi connectivity index (χ0) is 11.6. The molecule has 0 aliphatic heterocycles. The Kier molecular flexibility index (Phi) is 3.69. The molecule has 1 rings (SSSR count). The average molecular weight is 231 g/mol. The summed E-state index contributed by atoms with van der Waals surface area (Å²) >= 11 is 5.71. The van der Waals surface area contributed by atoms with Gasteiger partial charge in [-0.2, -0.15) is 0 Å². The predicted octanol–water partition coefficient (Wildman–Crippen LogP) is 3.30. The monoisotopic (exact) mass is 230 g/mol. The predicted molar refractivity (Wildman–Crippen MR) is 56.6 cm³/mol. The second kappa shape index (κ2) is 4.62. The topological polar surface area (TPSA) is 37.3 Å². The first kappa shape index (κ1) is 12.0. The van der Waals surface area contributed by atoms with Crippen molar-refractivity contribution in [2.24, 2.45) is 5.92 Å². The first-order valence-corrected chi connectivity index (χ1v) is 4.99. The molecule has 0 aliphatic carbocycles. The van der Waals surface area contributed by atoms with Gasteiger partial charge < -0.3 is 5.11 Å². The highest BCUT2D eigenvalue weighted by Crippen LogP contribution is 2.29. The second-order valence-electron chi connectivity index (χ2n) is 3.73. The molecule has 0 saturated carbocycles. The summed E-state index contributed by atoms with van der Waals surface area (Å²) in [5.74, 6) is -2.61. The van der Waals surface area contributed by atoms with Crippen molar-refractivity contribution in [1.82, 2.24) is 0 Å². The lowest BCUT2D eigenvalue weighted by atomic mass is 9.88. The van der Waals surface area contributed by atoms with Gasteiger partial charge in [-0.25, -0.2) is 4.39 Å². The minimum absolute atomic E-state index is 0.144. The van der Waals surface area contributed by atoms with Crippen molar-refractivity contribution in [3.05, 3.63) is 34.6 Å². The molecule has 0 bridgehead atoms. The number of rotatable bonds is 3. The van der Waals surface area contributed by atoms with Crippen molar-refractivity contribution in [1.29, 1.82) is 0 Å². The number of benzene rings is 1. The van der Waals surface area contributed by atoms with Crippen molar-refractivity contribution in [3.63, 3.8) is 0 Å². The molecule has 15 heavy (non-hydrogen) atoms. The lowest BCUT2D eigenvalue weighted by molar-refractivity contribution is -0.139. The zero-order valence-electron chi connectivity index (χ0n) is 8.50. The van der Waals surface area contributed by atoms with Crippen LogP contribution in [0.3, 0.4) is 0 Å². The molecule has 0 radical (unpaired) electrons. The molecular weight excluding hydrogens is 219 g/mol. The molecule has 0 aromatic heterocycles. The molecule has 1 aromatic carbocycles. The van der Waals surface area contributed by atoms with E-state index < -0.39 is 17.7 Å². The lowest BCUT2D eigenvalue weighted by Gasteiger charge is -2.17. The number of carboxylic acid groups (broad SMARTS) is 1. The van der Waals surface area contributed by atoms with E-state index in [2.05, 4.69) is 0 Å². The molecule has 0 saturated heterocycles. The van der Waals surface area contributed by atoms with E-state index in [1.807, 2.05) is 0 Å². The number of halogens is 2. The highest BCUT2D eigenvalue weighted by atomic mass is 35.5. The Hall–Kier alpha value is -1.09. The van der Waals surface area contributed by atoms with Gasteiger partial charge in [0.05, 0.1) is 5.92 Å². The first-order valence-electron chi connectivity index (χ1n) is 4.61. The van der Waals surface area contributed by atoms with Crippen LogP contribution in [0.25, 0.3) is 0 Å². The van der Waals surface area contributed by atoms with Gasteiger partial charge in [-0.05, 0) is 24.1 Å². The molecule has 0 spiro atoms. The maximum Gasteiger partial charge on any atom is 0.311 e. The Morgan fingerprint density at radius 2 is 2.07 bits per heavy atom. The van der Waals surface area contributed by atoms with E-state index in [4.69, 9.17) is 16.7 Å². The molecule has 2 nitrogen and oxygen atoms in total. The van der Waals surface area contributed by atoms with Crippen LogP contribution in [-0.4, -0.2) is 11.1 Å². The number of hydrogen-bond acceptors (Lipinski definition) is 1. The molecule has 1 aromatic rings. The Bertz CT molecular complexity index is 377. The molecule has 82 valence electrons. The molecule has 0 aliphatic rings. The van der Waals surface area contributed by atoms with Crippen LogP contribution in [0.1, 0.15) is 25.3 Å². The van der Waals surface area contributed by atoms with Gasteiger partial charge in [0.25, 0.3) is 0 Å². The van der Waals surface area contributed by atoms with E-state index in [1.165, 1.54) is 18.2 Å². The van der Waals surface area contributed by atoms with Crippen LogP contribution in [0.15, 0.2) is 18.2 Å². The van der Waals surface area contributed by atoms with Crippen molar-refractivity contribution in [2.45, 2.75) is 19.8 Å². The molecule has 1 N–H and O–H groups in total. The molecule has 0 heterocycles. The maximum absolute atomic E-state index is 13.4. The summed E-state index contributed by atoms with van der Waals surface area (Å²) in [4.78, 5) is 11.0. The van der Waals surface area contributed by atoms with Crippen LogP contribution in [0.5, 0.6) is 0 Å². The third kappa shape index (κ3) is 2.69. The number of carboxylic acids is 1. The SMILES string of the molecule is CC(C)C(C(=O)O)c1cc(Cl)ccc1F. The third-order valence-corrected chi connectivity index (χ3v) is 2.46. The van der Waals surface area contributed by atoms with Crippen LogP contribution in [-0.2, 0) is 4.79 Å². The highest BCUT2D eigenvalue weighted by molar-refractivity contribution is 6.30. The fourth-order valence-corrected chi connectivity index (χ4v) is 1.71. The largest absolute Gasteiger partial charge is 0.481 e. The standard InChI is InChI=1S/C11H12ClFO2/c1-6(2)10(11(14)15)8-5-7(12)3-4-9(8)13/h3-6,10H,1-2H3,(H,14,15). The second-order valence-corrected chi connectivity index (χ2v) is 4.16. The van der Waals surface area contributed by atoms with Crippen LogP contribution in [0, 0.1) is 11.7 Å². The van der Waals surface area contributed by atoms with E-state index >= 15 is 0 Å². The summed E-state index contributed by atoms with van der Waals surface area (Å²) in [5.41, 5.74) is 0.144. The summed E-state index contributed by atoms with van der Waals surface area (Å²) in [7, 11) is 0. The zero-order valence-corrected chi connectivity index (χ0v) is 9.25. The van der Waals surface area contributed by atoms with Crippen LogP contribution < -0.4 is 0 Å². The Morgan fingerprint density at radius 3 is 2.53 bits per heavy atom. The smallest absolute Gasteiger partial charge is 0.311 e. The van der Waals surface area contributed by atoms with Crippen LogP contribution in [0.2, 0.25) is 5.02 Å². The summed E-state index contributed by atoms with van der Waals surface area (Å²) in [6.07, 6.45) is 0. The van der Waals surface area contributed by atoms with Crippen molar-refractivity contribution < 1.29 is 14.3 Å². The van der Waals surface area contributed by atoms with Crippen molar-refractivity contribution in [3.8, 4) is 0 Å². The van der Waals surface area contributed by atoms with Gasteiger partial charge in [-0.15, -0.1) is 0 Å². The normalized spacial score (nSPS) is 12.9. The number of aliphatic carboxylic acids is 1. The van der Waals surface area contributed by atoms with E-state index in [0.717, 1.165) is 0 Å². The van der Waals surface area contributed by atoms with E-state index in [9.17, 15) is 9.18 Å². The Labute approximate surface area is 92.7 Å². The highest BCUT2D eigenvalue weighted by Gasteiger charge is 2.26. The fourth-order valence-electron chi connectivity index (χ4n) is 1.53. The van der Waals surface area contributed by atoms with Gasteiger partial charge in [0.2, 0.25) is 0 Å².